The van der Waals surface area contributed by atoms with Gasteiger partial charge in [-0.1, -0.05) is 6.42 Å². The zero-order valence-electron chi connectivity index (χ0n) is 9.97. The zero-order valence-corrected chi connectivity index (χ0v) is 10.8. The molecule has 0 aliphatic carbocycles. The molecule has 4 nitrogen and oxygen atoms in total. The molecule has 0 spiro atoms. The zero-order chi connectivity index (χ0) is 12.0. The quantitative estimate of drug-likeness (QED) is 0.696. The second kappa shape index (κ2) is 4.05. The number of carbonyl (C=O) groups excluding carboxylic acids is 1. The molecule has 3 aliphatic rings. The van der Waals surface area contributed by atoms with E-state index in [4.69, 9.17) is 0 Å². The van der Waals surface area contributed by atoms with Gasteiger partial charge in [-0.3, -0.25) is 9.69 Å². The molecule has 3 saturated heterocycles. The second-order valence-corrected chi connectivity index (χ2v) is 7.92. The molecular weight excluding hydrogens is 238 g/mol. The maximum absolute atomic E-state index is 11.6. The Morgan fingerprint density at radius 1 is 1.00 bits per heavy atom. The Hall–Kier alpha value is -0.420. The Morgan fingerprint density at radius 2 is 1.65 bits per heavy atom. The van der Waals surface area contributed by atoms with Crippen LogP contribution in [0.2, 0.25) is 0 Å². The van der Waals surface area contributed by atoms with Gasteiger partial charge in [0.25, 0.3) is 0 Å². The molecule has 17 heavy (non-hydrogen) atoms. The summed E-state index contributed by atoms with van der Waals surface area (Å²) < 4.78 is 23.1. The summed E-state index contributed by atoms with van der Waals surface area (Å²) in [5.74, 6) is 1.02. The van der Waals surface area contributed by atoms with Gasteiger partial charge in [-0.2, -0.15) is 0 Å². The smallest absolute Gasteiger partial charge is 0.151 e. The molecule has 3 heterocycles. The summed E-state index contributed by atoms with van der Waals surface area (Å²) >= 11 is 0. The van der Waals surface area contributed by atoms with E-state index in [2.05, 4.69) is 4.90 Å². The van der Waals surface area contributed by atoms with Crippen LogP contribution in [0.4, 0.5) is 0 Å². The van der Waals surface area contributed by atoms with E-state index in [0.717, 1.165) is 19.3 Å². The van der Waals surface area contributed by atoms with Gasteiger partial charge in [0, 0.05) is 31.0 Å². The summed E-state index contributed by atoms with van der Waals surface area (Å²) in [7, 11) is -2.82. The number of ketones is 1. The van der Waals surface area contributed by atoms with Crippen molar-refractivity contribution in [1.82, 2.24) is 4.90 Å². The van der Waals surface area contributed by atoms with E-state index < -0.39 is 9.84 Å². The van der Waals surface area contributed by atoms with Gasteiger partial charge in [-0.05, 0) is 19.3 Å². The maximum atomic E-state index is 11.6. The van der Waals surface area contributed by atoms with Crippen LogP contribution in [0.5, 0.6) is 0 Å². The first-order valence-corrected chi connectivity index (χ1v) is 8.37. The highest BCUT2D eigenvalue weighted by atomic mass is 32.2. The van der Waals surface area contributed by atoms with Crippen molar-refractivity contribution < 1.29 is 13.2 Å². The largest absolute Gasteiger partial charge is 0.300 e. The van der Waals surface area contributed by atoms with Crippen molar-refractivity contribution in [2.45, 2.75) is 56.7 Å². The number of fused-ring (bicyclic) bond motifs is 2. The average molecular weight is 257 g/mol. The van der Waals surface area contributed by atoms with Gasteiger partial charge in [0.1, 0.15) is 5.78 Å². The van der Waals surface area contributed by atoms with Crippen molar-refractivity contribution in [3.8, 4) is 0 Å². The average Bonchev–Trinajstić information content (AvgIpc) is 2.57. The lowest BCUT2D eigenvalue weighted by atomic mass is 9.82. The van der Waals surface area contributed by atoms with Crippen LogP contribution in [0.25, 0.3) is 0 Å². The highest BCUT2D eigenvalue weighted by Gasteiger charge is 2.44. The van der Waals surface area contributed by atoms with Crippen molar-refractivity contribution in [2.75, 3.05) is 11.5 Å². The third-order valence-corrected chi connectivity index (χ3v) is 6.22. The summed E-state index contributed by atoms with van der Waals surface area (Å²) in [5.41, 5.74) is 0. The SMILES string of the molecule is O=C1CC2CCCC(C1)N2C1CCS(=O)(=O)C1. The second-order valence-electron chi connectivity index (χ2n) is 5.69. The fourth-order valence-electron chi connectivity index (χ4n) is 3.82. The van der Waals surface area contributed by atoms with Crippen LogP contribution >= 0.6 is 0 Å². The maximum Gasteiger partial charge on any atom is 0.151 e. The number of sulfone groups is 1. The summed E-state index contributed by atoms with van der Waals surface area (Å²) in [6, 6.07) is 0.838. The fourth-order valence-corrected chi connectivity index (χ4v) is 5.54. The molecule has 3 fully saturated rings. The molecule has 3 unspecified atom stereocenters. The lowest BCUT2D eigenvalue weighted by Crippen LogP contribution is -2.56. The van der Waals surface area contributed by atoms with Crippen molar-refractivity contribution in [1.29, 1.82) is 0 Å². The van der Waals surface area contributed by atoms with Gasteiger partial charge in [-0.25, -0.2) is 8.42 Å². The summed E-state index contributed by atoms with van der Waals surface area (Å²) in [4.78, 5) is 14.0. The highest BCUT2D eigenvalue weighted by Crippen LogP contribution is 2.36. The normalized spacial score (nSPS) is 41.6. The number of Topliss-reactive ketones (excluding diaryl/α,β-unsaturated/α-hetero) is 1. The minimum Gasteiger partial charge on any atom is -0.300 e. The molecule has 0 saturated carbocycles. The Morgan fingerprint density at radius 3 is 2.18 bits per heavy atom. The first kappa shape index (κ1) is 11.7. The van der Waals surface area contributed by atoms with Crippen molar-refractivity contribution in [3.05, 3.63) is 0 Å². The van der Waals surface area contributed by atoms with E-state index in [9.17, 15) is 13.2 Å². The number of hydrogen-bond donors (Lipinski definition) is 0. The Bertz CT molecular complexity index is 415. The number of rotatable bonds is 1. The summed E-state index contributed by atoms with van der Waals surface area (Å²) in [5, 5.41) is 0. The molecule has 96 valence electrons. The molecule has 0 aromatic rings. The standard InChI is InChI=1S/C12H19NO3S/c14-12-6-9-2-1-3-10(7-12)13(9)11-4-5-17(15,16)8-11/h9-11H,1-8H2. The van der Waals surface area contributed by atoms with E-state index in [1.165, 1.54) is 6.42 Å². The predicted molar refractivity (Wildman–Crippen MR) is 64.6 cm³/mol. The molecule has 0 N–H and O–H groups in total. The monoisotopic (exact) mass is 257 g/mol. The van der Waals surface area contributed by atoms with Crippen molar-refractivity contribution in [3.63, 3.8) is 0 Å². The van der Waals surface area contributed by atoms with Gasteiger partial charge in [0.15, 0.2) is 9.84 Å². The third-order valence-electron chi connectivity index (χ3n) is 4.47. The number of hydrogen-bond acceptors (Lipinski definition) is 4. The van der Waals surface area contributed by atoms with Crippen LogP contribution in [-0.2, 0) is 14.6 Å². The van der Waals surface area contributed by atoms with E-state index in [0.29, 0.717) is 42.2 Å². The van der Waals surface area contributed by atoms with Crippen LogP contribution in [0, 0.1) is 0 Å². The van der Waals surface area contributed by atoms with Gasteiger partial charge < -0.3 is 0 Å². The van der Waals surface area contributed by atoms with Crippen LogP contribution < -0.4 is 0 Å². The Balaban J connectivity index is 1.81. The van der Waals surface area contributed by atoms with Crippen LogP contribution in [0.15, 0.2) is 0 Å². The van der Waals surface area contributed by atoms with E-state index >= 15 is 0 Å². The van der Waals surface area contributed by atoms with Crippen molar-refractivity contribution >= 4 is 15.6 Å². The van der Waals surface area contributed by atoms with Gasteiger partial charge >= 0.3 is 0 Å². The van der Waals surface area contributed by atoms with Crippen molar-refractivity contribution in [2.24, 2.45) is 0 Å². The van der Waals surface area contributed by atoms with Gasteiger partial charge in [0.05, 0.1) is 11.5 Å². The molecule has 2 bridgehead atoms. The molecule has 0 aromatic heterocycles. The molecule has 3 aliphatic heterocycles. The Labute approximate surface area is 102 Å². The fraction of sp³-hybridized carbons (Fsp3) is 0.917. The first-order valence-electron chi connectivity index (χ1n) is 6.55. The lowest BCUT2D eigenvalue weighted by molar-refractivity contribution is -0.128. The number of nitrogens with zero attached hydrogens (tertiary/aromatic N) is 1. The van der Waals surface area contributed by atoms with E-state index in [-0.39, 0.29) is 6.04 Å². The topological polar surface area (TPSA) is 54.5 Å². The molecule has 0 amide bonds. The lowest BCUT2D eigenvalue weighted by Gasteiger charge is -2.48. The number of carbonyl (C=O) groups is 1. The van der Waals surface area contributed by atoms with Gasteiger partial charge in [0.2, 0.25) is 0 Å². The molecule has 5 heteroatoms. The van der Waals surface area contributed by atoms with Gasteiger partial charge in [-0.15, -0.1) is 0 Å². The third kappa shape index (κ3) is 2.15. The Kier molecular flexibility index (Phi) is 2.78. The summed E-state index contributed by atoms with van der Waals surface area (Å²) in [6.07, 6.45) is 5.39. The first-order chi connectivity index (χ1) is 8.05. The molecular formula is C12H19NO3S. The van der Waals surface area contributed by atoms with Crippen LogP contribution in [-0.4, -0.2) is 48.7 Å². The molecule has 0 aromatic carbocycles. The van der Waals surface area contributed by atoms with E-state index in [1.807, 2.05) is 0 Å². The number of piperidine rings is 2. The minimum absolute atomic E-state index is 0.184. The minimum atomic E-state index is -2.82. The molecule has 3 rings (SSSR count). The predicted octanol–water partition coefficient (Wildman–Crippen LogP) is 0.760. The molecule has 0 radical (unpaired) electrons. The van der Waals surface area contributed by atoms with E-state index in [1.54, 1.807) is 0 Å². The summed E-state index contributed by atoms with van der Waals surface area (Å²) in [6.45, 7) is 0. The van der Waals surface area contributed by atoms with Crippen LogP contribution in [0.3, 0.4) is 0 Å². The highest BCUT2D eigenvalue weighted by molar-refractivity contribution is 7.91. The van der Waals surface area contributed by atoms with Crippen LogP contribution in [0.1, 0.15) is 38.5 Å². The molecule has 3 atom stereocenters.